The Kier molecular flexibility index (Phi) is 5.89. The smallest absolute Gasteiger partial charge is 0.253 e. The maximum Gasteiger partial charge on any atom is 0.253 e. The Hall–Kier alpha value is -2.82. The van der Waals surface area contributed by atoms with Gasteiger partial charge in [-0.1, -0.05) is 25.1 Å². The fourth-order valence-electron chi connectivity index (χ4n) is 3.09. The van der Waals surface area contributed by atoms with Crippen molar-refractivity contribution in [2.75, 3.05) is 37.6 Å². The van der Waals surface area contributed by atoms with Gasteiger partial charge in [-0.05, 0) is 42.8 Å². The van der Waals surface area contributed by atoms with E-state index in [1.54, 1.807) is 24.3 Å². The lowest BCUT2D eigenvalue weighted by Gasteiger charge is -2.36. The predicted octanol–water partition coefficient (Wildman–Crippen LogP) is 2.79. The van der Waals surface area contributed by atoms with Crippen molar-refractivity contribution in [3.63, 3.8) is 0 Å². The van der Waals surface area contributed by atoms with Gasteiger partial charge in [0.2, 0.25) is 0 Å². The first-order valence-electron chi connectivity index (χ1n) is 9.16. The van der Waals surface area contributed by atoms with Crippen molar-refractivity contribution < 1.29 is 9.59 Å². The molecule has 0 unspecified atom stereocenters. The first-order valence-corrected chi connectivity index (χ1v) is 9.16. The Bertz CT molecular complexity index is 736. The summed E-state index contributed by atoms with van der Waals surface area (Å²) in [7, 11) is 0. The van der Waals surface area contributed by atoms with Crippen molar-refractivity contribution in [1.29, 1.82) is 0 Å². The molecule has 1 saturated heterocycles. The number of hydrogen-bond donors (Lipinski definition) is 1. The molecule has 3 rings (SSSR count). The Morgan fingerprint density at radius 1 is 0.885 bits per heavy atom. The predicted molar refractivity (Wildman–Crippen MR) is 104 cm³/mol. The second kappa shape index (κ2) is 8.52. The molecule has 0 spiro atoms. The van der Waals surface area contributed by atoms with Crippen LogP contribution in [-0.4, -0.2) is 49.4 Å². The molecule has 5 heteroatoms. The summed E-state index contributed by atoms with van der Waals surface area (Å²) in [4.78, 5) is 28.8. The first-order chi connectivity index (χ1) is 12.7. The van der Waals surface area contributed by atoms with E-state index in [1.807, 2.05) is 30.0 Å². The summed E-state index contributed by atoms with van der Waals surface area (Å²) in [6, 6.07) is 17.2. The maximum absolute atomic E-state index is 12.7. The number of piperazine rings is 1. The minimum atomic E-state index is -0.0951. The second-order valence-corrected chi connectivity index (χ2v) is 6.45. The summed E-state index contributed by atoms with van der Waals surface area (Å²) in [5, 5.41) is 2.84. The number of rotatable bonds is 5. The van der Waals surface area contributed by atoms with Crippen LogP contribution in [0.5, 0.6) is 0 Å². The fraction of sp³-hybridized carbons (Fsp3) is 0.333. The summed E-state index contributed by atoms with van der Waals surface area (Å²) >= 11 is 0. The zero-order chi connectivity index (χ0) is 18.4. The number of anilines is 1. The van der Waals surface area contributed by atoms with Gasteiger partial charge in [0.1, 0.15) is 0 Å². The number of carbonyl (C=O) groups is 2. The van der Waals surface area contributed by atoms with Gasteiger partial charge in [0.05, 0.1) is 0 Å². The minimum Gasteiger partial charge on any atom is -0.368 e. The number of benzene rings is 2. The largest absolute Gasteiger partial charge is 0.368 e. The zero-order valence-electron chi connectivity index (χ0n) is 15.1. The molecule has 1 aliphatic rings. The standard InChI is InChI=1S/C21H25N3O2/c1-2-12-22-20(25)17-8-10-18(11-9-17)21(26)24-15-13-23(14-16-24)19-6-4-3-5-7-19/h3-11H,2,12-16H2,1H3,(H,22,25). The lowest BCUT2D eigenvalue weighted by atomic mass is 10.1. The number of amides is 2. The highest BCUT2D eigenvalue weighted by atomic mass is 16.2. The summed E-state index contributed by atoms with van der Waals surface area (Å²) in [6.07, 6.45) is 0.900. The van der Waals surface area contributed by atoms with Gasteiger partial charge in [0.15, 0.2) is 0 Å². The molecule has 5 nitrogen and oxygen atoms in total. The van der Waals surface area contributed by atoms with Gasteiger partial charge in [0.25, 0.3) is 11.8 Å². The van der Waals surface area contributed by atoms with Crippen molar-refractivity contribution in [3.05, 3.63) is 65.7 Å². The Labute approximate surface area is 154 Å². The SMILES string of the molecule is CCCNC(=O)c1ccc(C(=O)N2CCN(c3ccccc3)CC2)cc1. The van der Waals surface area contributed by atoms with Crippen LogP contribution in [0.1, 0.15) is 34.1 Å². The van der Waals surface area contributed by atoms with Gasteiger partial charge < -0.3 is 15.1 Å². The van der Waals surface area contributed by atoms with Crippen molar-refractivity contribution in [3.8, 4) is 0 Å². The number of hydrogen-bond acceptors (Lipinski definition) is 3. The highest BCUT2D eigenvalue weighted by Crippen LogP contribution is 2.17. The van der Waals surface area contributed by atoms with Crippen LogP contribution in [0.2, 0.25) is 0 Å². The van der Waals surface area contributed by atoms with Crippen LogP contribution in [0.15, 0.2) is 54.6 Å². The van der Waals surface area contributed by atoms with Crippen LogP contribution in [0.3, 0.4) is 0 Å². The quantitative estimate of drug-likeness (QED) is 0.901. The average Bonchev–Trinajstić information content (AvgIpc) is 2.72. The van der Waals surface area contributed by atoms with E-state index in [2.05, 4.69) is 22.3 Å². The Morgan fingerprint density at radius 3 is 2.12 bits per heavy atom. The molecule has 1 fully saturated rings. The number of nitrogens with zero attached hydrogens (tertiary/aromatic N) is 2. The van der Waals surface area contributed by atoms with E-state index in [1.165, 1.54) is 5.69 Å². The van der Waals surface area contributed by atoms with E-state index in [4.69, 9.17) is 0 Å². The van der Waals surface area contributed by atoms with Crippen LogP contribution < -0.4 is 10.2 Å². The molecule has 1 aliphatic heterocycles. The third-order valence-electron chi connectivity index (χ3n) is 4.62. The number of para-hydroxylation sites is 1. The van der Waals surface area contributed by atoms with Crippen LogP contribution in [-0.2, 0) is 0 Å². The van der Waals surface area contributed by atoms with E-state index < -0.39 is 0 Å². The molecule has 1 heterocycles. The number of carbonyl (C=O) groups excluding carboxylic acids is 2. The Morgan fingerprint density at radius 2 is 1.50 bits per heavy atom. The summed E-state index contributed by atoms with van der Waals surface area (Å²) in [5.41, 5.74) is 2.41. The van der Waals surface area contributed by atoms with Crippen LogP contribution >= 0.6 is 0 Å². The van der Waals surface area contributed by atoms with Gasteiger partial charge in [-0.15, -0.1) is 0 Å². The van der Waals surface area contributed by atoms with Gasteiger partial charge >= 0.3 is 0 Å². The van der Waals surface area contributed by atoms with Crippen LogP contribution in [0, 0.1) is 0 Å². The maximum atomic E-state index is 12.7. The van der Waals surface area contributed by atoms with Crippen LogP contribution in [0.25, 0.3) is 0 Å². The monoisotopic (exact) mass is 351 g/mol. The van der Waals surface area contributed by atoms with E-state index in [-0.39, 0.29) is 11.8 Å². The second-order valence-electron chi connectivity index (χ2n) is 6.45. The Balaban J connectivity index is 1.57. The highest BCUT2D eigenvalue weighted by molar-refractivity contribution is 5.97. The van der Waals surface area contributed by atoms with Gasteiger partial charge in [-0.3, -0.25) is 9.59 Å². The molecule has 2 aromatic carbocycles. The molecular weight excluding hydrogens is 326 g/mol. The minimum absolute atomic E-state index is 0.0261. The van der Waals surface area contributed by atoms with E-state index in [0.717, 1.165) is 19.5 Å². The number of nitrogens with one attached hydrogen (secondary N) is 1. The lowest BCUT2D eigenvalue weighted by molar-refractivity contribution is 0.0746. The molecule has 0 aromatic heterocycles. The van der Waals surface area contributed by atoms with E-state index >= 15 is 0 Å². The van der Waals surface area contributed by atoms with Gasteiger partial charge in [-0.25, -0.2) is 0 Å². The molecule has 0 radical (unpaired) electrons. The van der Waals surface area contributed by atoms with Crippen molar-refractivity contribution in [2.24, 2.45) is 0 Å². The van der Waals surface area contributed by atoms with Crippen molar-refractivity contribution in [1.82, 2.24) is 10.2 Å². The van der Waals surface area contributed by atoms with E-state index in [9.17, 15) is 9.59 Å². The molecule has 26 heavy (non-hydrogen) atoms. The van der Waals surface area contributed by atoms with Gasteiger partial charge in [0, 0.05) is 49.5 Å². The fourth-order valence-corrected chi connectivity index (χ4v) is 3.09. The zero-order valence-corrected chi connectivity index (χ0v) is 15.1. The average molecular weight is 351 g/mol. The molecule has 136 valence electrons. The topological polar surface area (TPSA) is 52.7 Å². The third-order valence-corrected chi connectivity index (χ3v) is 4.62. The first kappa shape index (κ1) is 18.0. The van der Waals surface area contributed by atoms with E-state index in [0.29, 0.717) is 30.8 Å². The summed E-state index contributed by atoms with van der Waals surface area (Å²) < 4.78 is 0. The molecule has 1 N–H and O–H groups in total. The third kappa shape index (κ3) is 4.23. The molecule has 2 aromatic rings. The normalized spacial score (nSPS) is 14.2. The summed E-state index contributed by atoms with van der Waals surface area (Å²) in [5.74, 6) is -0.0689. The molecule has 0 bridgehead atoms. The summed E-state index contributed by atoms with van der Waals surface area (Å²) in [6.45, 7) is 5.73. The van der Waals surface area contributed by atoms with Crippen molar-refractivity contribution >= 4 is 17.5 Å². The molecule has 0 atom stereocenters. The molecule has 0 saturated carbocycles. The molecule has 0 aliphatic carbocycles. The molecular formula is C21H25N3O2. The lowest BCUT2D eigenvalue weighted by Crippen LogP contribution is -2.48. The highest BCUT2D eigenvalue weighted by Gasteiger charge is 2.22. The van der Waals surface area contributed by atoms with Gasteiger partial charge in [-0.2, -0.15) is 0 Å². The van der Waals surface area contributed by atoms with Crippen LogP contribution in [0.4, 0.5) is 5.69 Å². The molecule has 2 amide bonds. The van der Waals surface area contributed by atoms with Crippen molar-refractivity contribution in [2.45, 2.75) is 13.3 Å².